The molecule has 11 heteroatoms. The van der Waals surface area contributed by atoms with Crippen molar-refractivity contribution in [1.82, 2.24) is 30.1 Å². The van der Waals surface area contributed by atoms with Crippen molar-refractivity contribution < 1.29 is 8.42 Å². The molecule has 0 bridgehead atoms. The largest absolute Gasteiger partial charge is 0.367 e. The van der Waals surface area contributed by atoms with E-state index in [1.54, 1.807) is 32.2 Å². The zero-order valence-corrected chi connectivity index (χ0v) is 15.7. The second-order valence-corrected chi connectivity index (χ2v) is 7.44. The molecule has 0 saturated heterocycles. The maximum atomic E-state index is 12.3. The highest BCUT2D eigenvalue weighted by molar-refractivity contribution is 7.89. The Morgan fingerprint density at radius 1 is 1.00 bits per heavy atom. The van der Waals surface area contributed by atoms with Gasteiger partial charge in [-0.05, 0) is 38.1 Å². The summed E-state index contributed by atoms with van der Waals surface area (Å²) in [5.74, 6) is 1.77. The normalized spacial score (nSPS) is 11.3. The van der Waals surface area contributed by atoms with Crippen molar-refractivity contribution in [1.29, 1.82) is 0 Å². The zero-order valence-electron chi connectivity index (χ0n) is 14.9. The maximum absolute atomic E-state index is 12.3. The number of H-pyrrole nitrogens is 1. The number of hydrogen-bond acceptors (Lipinski definition) is 8. The number of anilines is 3. The SMILES string of the molecule is Cc1n[nH]c(C)c1S(=O)(=O)NCCNc1ccc(Nc2ccccn2)nn1. The first-order valence-electron chi connectivity index (χ1n) is 8.22. The monoisotopic (exact) mass is 388 g/mol. The number of aryl methyl sites for hydroxylation is 2. The average Bonchev–Trinajstić information content (AvgIpc) is 3.00. The molecule has 0 fully saturated rings. The Kier molecular flexibility index (Phi) is 5.62. The summed E-state index contributed by atoms with van der Waals surface area (Å²) in [4.78, 5) is 4.33. The summed E-state index contributed by atoms with van der Waals surface area (Å²) in [7, 11) is -3.61. The Labute approximate surface area is 156 Å². The first-order valence-corrected chi connectivity index (χ1v) is 9.71. The molecule has 0 aliphatic rings. The molecule has 0 atom stereocenters. The number of sulfonamides is 1. The van der Waals surface area contributed by atoms with Gasteiger partial charge in [-0.15, -0.1) is 10.2 Å². The van der Waals surface area contributed by atoms with Gasteiger partial charge in [0.05, 0.1) is 11.4 Å². The third-order valence-corrected chi connectivity index (χ3v) is 5.36. The highest BCUT2D eigenvalue weighted by atomic mass is 32.2. The quantitative estimate of drug-likeness (QED) is 0.424. The fourth-order valence-electron chi connectivity index (χ4n) is 2.45. The Hall–Kier alpha value is -3.05. The van der Waals surface area contributed by atoms with Gasteiger partial charge in [-0.25, -0.2) is 18.1 Å². The maximum Gasteiger partial charge on any atom is 0.244 e. The van der Waals surface area contributed by atoms with Crippen LogP contribution in [0.15, 0.2) is 41.4 Å². The van der Waals surface area contributed by atoms with Gasteiger partial charge in [-0.3, -0.25) is 5.10 Å². The first-order chi connectivity index (χ1) is 13.0. The van der Waals surface area contributed by atoms with Crippen LogP contribution in [0.2, 0.25) is 0 Å². The van der Waals surface area contributed by atoms with E-state index in [4.69, 9.17) is 0 Å². The van der Waals surface area contributed by atoms with E-state index in [1.165, 1.54) is 0 Å². The average molecular weight is 388 g/mol. The van der Waals surface area contributed by atoms with E-state index in [2.05, 4.69) is 40.7 Å². The summed E-state index contributed by atoms with van der Waals surface area (Å²) in [6.45, 7) is 3.87. The van der Waals surface area contributed by atoms with Gasteiger partial charge in [0.1, 0.15) is 16.5 Å². The second-order valence-electron chi connectivity index (χ2n) is 5.73. The summed E-state index contributed by atoms with van der Waals surface area (Å²) >= 11 is 0. The number of hydrogen-bond donors (Lipinski definition) is 4. The lowest BCUT2D eigenvalue weighted by Gasteiger charge is -2.09. The zero-order chi connectivity index (χ0) is 19.3. The number of aromatic amines is 1. The predicted octanol–water partition coefficient (Wildman–Crippen LogP) is 1.35. The van der Waals surface area contributed by atoms with Gasteiger partial charge >= 0.3 is 0 Å². The van der Waals surface area contributed by atoms with E-state index >= 15 is 0 Å². The van der Waals surface area contributed by atoms with Crippen LogP contribution >= 0.6 is 0 Å². The molecule has 0 spiro atoms. The third kappa shape index (κ3) is 4.77. The molecule has 3 rings (SSSR count). The van der Waals surface area contributed by atoms with Gasteiger partial charge in [-0.1, -0.05) is 6.07 Å². The van der Waals surface area contributed by atoms with Crippen LogP contribution in [0.25, 0.3) is 0 Å². The first kappa shape index (κ1) is 18.7. The van der Waals surface area contributed by atoms with Crippen LogP contribution in [0.5, 0.6) is 0 Å². The molecule has 0 amide bonds. The van der Waals surface area contributed by atoms with Crippen LogP contribution < -0.4 is 15.4 Å². The molecule has 10 nitrogen and oxygen atoms in total. The smallest absolute Gasteiger partial charge is 0.244 e. The van der Waals surface area contributed by atoms with Crippen molar-refractivity contribution in [3.8, 4) is 0 Å². The molecule has 0 radical (unpaired) electrons. The topological polar surface area (TPSA) is 138 Å². The Morgan fingerprint density at radius 2 is 1.78 bits per heavy atom. The molecule has 27 heavy (non-hydrogen) atoms. The third-order valence-electron chi connectivity index (χ3n) is 3.64. The highest BCUT2D eigenvalue weighted by Gasteiger charge is 2.21. The molecular weight excluding hydrogens is 368 g/mol. The number of nitrogens with zero attached hydrogens (tertiary/aromatic N) is 4. The van der Waals surface area contributed by atoms with Gasteiger partial charge in [0.2, 0.25) is 10.0 Å². The molecule has 0 aromatic carbocycles. The van der Waals surface area contributed by atoms with E-state index < -0.39 is 10.0 Å². The van der Waals surface area contributed by atoms with Crippen LogP contribution in [0.1, 0.15) is 11.4 Å². The highest BCUT2D eigenvalue weighted by Crippen LogP contribution is 2.16. The summed E-state index contributed by atoms with van der Waals surface area (Å²) in [6.07, 6.45) is 1.68. The molecule has 4 N–H and O–H groups in total. The van der Waals surface area contributed by atoms with Crippen LogP contribution in [0.3, 0.4) is 0 Å². The molecule has 0 saturated carbocycles. The van der Waals surface area contributed by atoms with Gasteiger partial charge in [-0.2, -0.15) is 5.10 Å². The summed E-state index contributed by atoms with van der Waals surface area (Å²) in [6, 6.07) is 9.02. The van der Waals surface area contributed by atoms with Crippen molar-refractivity contribution in [2.45, 2.75) is 18.7 Å². The van der Waals surface area contributed by atoms with E-state index in [0.29, 0.717) is 35.4 Å². The van der Waals surface area contributed by atoms with Crippen molar-refractivity contribution >= 4 is 27.5 Å². The van der Waals surface area contributed by atoms with Gasteiger partial charge in [0, 0.05) is 19.3 Å². The number of rotatable bonds is 8. The molecule has 3 heterocycles. The summed E-state index contributed by atoms with van der Waals surface area (Å²) in [5, 5.41) is 20.7. The van der Waals surface area contributed by atoms with Crippen LogP contribution in [0.4, 0.5) is 17.5 Å². The second kappa shape index (κ2) is 8.10. The molecule has 3 aromatic heterocycles. The van der Waals surface area contributed by atoms with Crippen molar-refractivity contribution in [3.63, 3.8) is 0 Å². The van der Waals surface area contributed by atoms with E-state index in [-0.39, 0.29) is 11.4 Å². The number of aromatic nitrogens is 5. The van der Waals surface area contributed by atoms with Crippen LogP contribution in [-0.4, -0.2) is 46.9 Å². The lowest BCUT2D eigenvalue weighted by atomic mass is 10.4. The Morgan fingerprint density at radius 3 is 2.41 bits per heavy atom. The van der Waals surface area contributed by atoms with Crippen LogP contribution in [0, 0.1) is 13.8 Å². The number of pyridine rings is 1. The molecule has 142 valence electrons. The Bertz CT molecular complexity index is 968. The lowest BCUT2D eigenvalue weighted by Crippen LogP contribution is -2.29. The standard InChI is InChI=1S/C16H20N8O2S/c1-11-16(12(2)22-21-11)27(25,26)19-10-9-18-14-6-7-15(24-23-14)20-13-5-3-4-8-17-13/h3-8,19H,9-10H2,1-2H3,(H,18,23)(H,21,22)(H,17,20,24). The van der Waals surface area contributed by atoms with Gasteiger partial charge in [0.15, 0.2) is 5.82 Å². The molecular formula is C16H20N8O2S. The summed E-state index contributed by atoms with van der Waals surface area (Å²) < 4.78 is 27.2. The Balaban J connectivity index is 1.49. The van der Waals surface area contributed by atoms with E-state index in [1.807, 2.05) is 18.2 Å². The van der Waals surface area contributed by atoms with Crippen LogP contribution in [-0.2, 0) is 10.0 Å². The lowest BCUT2D eigenvalue weighted by molar-refractivity contribution is 0.581. The van der Waals surface area contributed by atoms with Gasteiger partial charge in [0.25, 0.3) is 0 Å². The van der Waals surface area contributed by atoms with Crippen molar-refractivity contribution in [2.75, 3.05) is 23.7 Å². The fourth-order valence-corrected chi connectivity index (χ4v) is 3.84. The minimum absolute atomic E-state index is 0.187. The summed E-state index contributed by atoms with van der Waals surface area (Å²) in [5.41, 5.74) is 0.949. The molecule has 3 aromatic rings. The predicted molar refractivity (Wildman–Crippen MR) is 101 cm³/mol. The molecule has 0 unspecified atom stereocenters. The number of nitrogens with one attached hydrogen (secondary N) is 4. The van der Waals surface area contributed by atoms with E-state index in [0.717, 1.165) is 0 Å². The minimum atomic E-state index is -3.61. The van der Waals surface area contributed by atoms with Crippen molar-refractivity contribution in [2.24, 2.45) is 0 Å². The fraction of sp³-hybridized carbons (Fsp3) is 0.250. The molecule has 0 aliphatic heterocycles. The van der Waals surface area contributed by atoms with Crippen molar-refractivity contribution in [3.05, 3.63) is 47.9 Å². The van der Waals surface area contributed by atoms with Gasteiger partial charge < -0.3 is 10.6 Å². The molecule has 0 aliphatic carbocycles. The van der Waals surface area contributed by atoms with E-state index in [9.17, 15) is 8.42 Å². The minimum Gasteiger partial charge on any atom is -0.367 e.